The van der Waals surface area contributed by atoms with Crippen molar-refractivity contribution in [3.8, 4) is 0 Å². The third-order valence-corrected chi connectivity index (χ3v) is 2.25. The van der Waals surface area contributed by atoms with Crippen LogP contribution in [-0.4, -0.2) is 40.7 Å². The summed E-state index contributed by atoms with van der Waals surface area (Å²) in [5, 5.41) is 22.2. The number of anilines is 1. The molecule has 1 aromatic heterocycles. The van der Waals surface area contributed by atoms with Crippen LogP contribution in [0.4, 0.5) is 11.5 Å². The number of nitrogens with one attached hydrogen (secondary N) is 1. The number of esters is 1. The molecule has 18 heavy (non-hydrogen) atoms. The Morgan fingerprint density at radius 3 is 2.83 bits per heavy atom. The number of carbonyl (C=O) groups is 1. The Bertz CT molecular complexity index is 463. The molecule has 1 unspecified atom stereocenters. The number of ether oxygens (including phenoxy) is 1. The lowest BCUT2D eigenvalue weighted by molar-refractivity contribution is -0.385. The molecule has 0 aliphatic carbocycles. The van der Waals surface area contributed by atoms with Gasteiger partial charge in [-0.1, -0.05) is 0 Å². The minimum atomic E-state index is -0.956. The zero-order valence-electron chi connectivity index (χ0n) is 9.91. The first kappa shape index (κ1) is 13.8. The maximum atomic E-state index is 11.3. The van der Waals surface area contributed by atoms with Crippen LogP contribution in [0, 0.1) is 17.0 Å². The highest BCUT2D eigenvalue weighted by Gasteiger charge is 2.20. The molecule has 0 aliphatic rings. The summed E-state index contributed by atoms with van der Waals surface area (Å²) >= 11 is 0. The fraction of sp³-hybridized carbons (Fsp3) is 0.400. The smallest absolute Gasteiger partial charge is 0.330 e. The maximum absolute atomic E-state index is 11.3. The van der Waals surface area contributed by atoms with E-state index in [4.69, 9.17) is 5.11 Å². The molecule has 0 saturated heterocycles. The molecule has 1 heterocycles. The molecule has 8 nitrogen and oxygen atoms in total. The second-order valence-corrected chi connectivity index (χ2v) is 3.52. The molecule has 0 fully saturated rings. The third kappa shape index (κ3) is 3.14. The lowest BCUT2D eigenvalue weighted by Crippen LogP contribution is -2.34. The van der Waals surface area contributed by atoms with Gasteiger partial charge in [-0.05, 0) is 12.5 Å². The van der Waals surface area contributed by atoms with Gasteiger partial charge in [0.05, 0.1) is 18.6 Å². The zero-order valence-corrected chi connectivity index (χ0v) is 9.91. The summed E-state index contributed by atoms with van der Waals surface area (Å²) in [5.41, 5.74) is 0.350. The average molecular weight is 255 g/mol. The van der Waals surface area contributed by atoms with Gasteiger partial charge in [0.1, 0.15) is 18.1 Å². The summed E-state index contributed by atoms with van der Waals surface area (Å²) in [6, 6.07) is 0.365. The number of methoxy groups -OCH3 is 1. The Morgan fingerprint density at radius 2 is 2.39 bits per heavy atom. The SMILES string of the molecule is COC(=O)C(CO)Nc1ncc([N+](=O)[O-])cc1C. The molecule has 0 radical (unpaired) electrons. The van der Waals surface area contributed by atoms with Crippen LogP contribution in [0.1, 0.15) is 5.56 Å². The molecule has 2 N–H and O–H groups in total. The standard InChI is InChI=1S/C10H13N3O5/c1-6-3-7(13(16)17)4-11-9(6)12-8(5-14)10(15)18-2/h3-4,8,14H,5H2,1-2H3,(H,11,12). The van der Waals surface area contributed by atoms with Gasteiger partial charge in [-0.15, -0.1) is 0 Å². The van der Waals surface area contributed by atoms with Gasteiger partial charge < -0.3 is 15.2 Å². The molecule has 98 valence electrons. The van der Waals surface area contributed by atoms with Crippen molar-refractivity contribution in [2.24, 2.45) is 0 Å². The fourth-order valence-corrected chi connectivity index (χ4v) is 1.30. The van der Waals surface area contributed by atoms with E-state index in [1.54, 1.807) is 6.92 Å². The predicted molar refractivity (Wildman–Crippen MR) is 62.1 cm³/mol. The highest BCUT2D eigenvalue weighted by Crippen LogP contribution is 2.18. The Balaban J connectivity index is 2.90. The number of nitrogens with zero attached hydrogens (tertiary/aromatic N) is 2. The lowest BCUT2D eigenvalue weighted by Gasteiger charge is -2.15. The summed E-state index contributed by atoms with van der Waals surface area (Å²) in [4.78, 5) is 25.1. The number of rotatable bonds is 5. The molecule has 0 aromatic carbocycles. The summed E-state index contributed by atoms with van der Waals surface area (Å²) in [5.74, 6) is -0.359. The fourth-order valence-electron chi connectivity index (χ4n) is 1.30. The summed E-state index contributed by atoms with van der Waals surface area (Å²) in [6.45, 7) is 1.14. The van der Waals surface area contributed by atoms with E-state index >= 15 is 0 Å². The first-order valence-corrected chi connectivity index (χ1v) is 5.05. The molecule has 0 bridgehead atoms. The van der Waals surface area contributed by atoms with Crippen LogP contribution in [0.25, 0.3) is 0 Å². The van der Waals surface area contributed by atoms with Crippen LogP contribution in [0.15, 0.2) is 12.3 Å². The van der Waals surface area contributed by atoms with Gasteiger partial charge in [0.2, 0.25) is 0 Å². The number of hydrogen-bond acceptors (Lipinski definition) is 7. The number of aryl methyl sites for hydroxylation is 1. The van der Waals surface area contributed by atoms with Crippen molar-refractivity contribution < 1.29 is 19.6 Å². The van der Waals surface area contributed by atoms with E-state index in [1.165, 1.54) is 13.2 Å². The molecule has 0 spiro atoms. The van der Waals surface area contributed by atoms with Crippen molar-refractivity contribution in [2.45, 2.75) is 13.0 Å². The minimum Gasteiger partial charge on any atom is -0.467 e. The van der Waals surface area contributed by atoms with Crippen LogP contribution in [0.5, 0.6) is 0 Å². The molecular formula is C10H13N3O5. The van der Waals surface area contributed by atoms with Crippen molar-refractivity contribution >= 4 is 17.5 Å². The third-order valence-electron chi connectivity index (χ3n) is 2.25. The van der Waals surface area contributed by atoms with Crippen LogP contribution < -0.4 is 5.32 Å². The second-order valence-electron chi connectivity index (χ2n) is 3.52. The lowest BCUT2D eigenvalue weighted by atomic mass is 10.2. The highest BCUT2D eigenvalue weighted by atomic mass is 16.6. The monoisotopic (exact) mass is 255 g/mol. The number of nitro groups is 1. The Kier molecular flexibility index (Phi) is 4.55. The van der Waals surface area contributed by atoms with Crippen molar-refractivity contribution in [3.63, 3.8) is 0 Å². The Labute approximate surface area is 103 Å². The maximum Gasteiger partial charge on any atom is 0.330 e. The molecule has 8 heteroatoms. The van der Waals surface area contributed by atoms with E-state index in [0.717, 1.165) is 6.20 Å². The average Bonchev–Trinajstić information content (AvgIpc) is 2.36. The van der Waals surface area contributed by atoms with Gasteiger partial charge in [-0.2, -0.15) is 0 Å². The normalized spacial score (nSPS) is 11.7. The summed E-state index contributed by atoms with van der Waals surface area (Å²) in [6.07, 6.45) is 1.07. The van der Waals surface area contributed by atoms with E-state index in [9.17, 15) is 14.9 Å². The number of hydrogen-bond donors (Lipinski definition) is 2. The first-order chi connectivity index (χ1) is 8.49. The van der Waals surface area contributed by atoms with Crippen LogP contribution >= 0.6 is 0 Å². The number of aliphatic hydroxyl groups is 1. The number of aliphatic hydroxyl groups excluding tert-OH is 1. The summed E-state index contributed by atoms with van der Waals surface area (Å²) < 4.78 is 4.48. The molecule has 0 amide bonds. The molecule has 1 atom stereocenters. The van der Waals surface area contributed by atoms with E-state index in [2.05, 4.69) is 15.0 Å². The van der Waals surface area contributed by atoms with Crippen LogP contribution in [0.3, 0.4) is 0 Å². The second kappa shape index (κ2) is 5.92. The van der Waals surface area contributed by atoms with Crippen molar-refractivity contribution in [2.75, 3.05) is 19.0 Å². The van der Waals surface area contributed by atoms with Gasteiger partial charge in [-0.3, -0.25) is 10.1 Å². The van der Waals surface area contributed by atoms with E-state index in [-0.39, 0.29) is 11.5 Å². The van der Waals surface area contributed by atoms with Crippen molar-refractivity contribution in [1.29, 1.82) is 0 Å². The van der Waals surface area contributed by atoms with Gasteiger partial charge in [-0.25, -0.2) is 9.78 Å². The molecule has 0 aliphatic heterocycles. The van der Waals surface area contributed by atoms with E-state index in [1.807, 2.05) is 0 Å². The van der Waals surface area contributed by atoms with Crippen molar-refractivity contribution in [3.05, 3.63) is 27.9 Å². The number of pyridine rings is 1. The van der Waals surface area contributed by atoms with Gasteiger partial charge in [0.15, 0.2) is 0 Å². The Morgan fingerprint density at radius 1 is 1.72 bits per heavy atom. The summed E-state index contributed by atoms with van der Waals surface area (Å²) in [7, 11) is 1.20. The molecule has 1 rings (SSSR count). The van der Waals surface area contributed by atoms with Gasteiger partial charge in [0.25, 0.3) is 5.69 Å². The molecule has 0 saturated carbocycles. The van der Waals surface area contributed by atoms with Crippen LogP contribution in [0.2, 0.25) is 0 Å². The quantitative estimate of drug-likeness (QED) is 0.440. The molecule has 1 aromatic rings. The van der Waals surface area contributed by atoms with E-state index in [0.29, 0.717) is 5.56 Å². The first-order valence-electron chi connectivity index (χ1n) is 5.05. The number of aromatic nitrogens is 1. The molecular weight excluding hydrogens is 242 g/mol. The largest absolute Gasteiger partial charge is 0.467 e. The van der Waals surface area contributed by atoms with E-state index < -0.39 is 23.5 Å². The minimum absolute atomic E-state index is 0.142. The van der Waals surface area contributed by atoms with Gasteiger partial charge >= 0.3 is 5.97 Å². The Hall–Kier alpha value is -2.22. The highest BCUT2D eigenvalue weighted by molar-refractivity contribution is 5.79. The van der Waals surface area contributed by atoms with Gasteiger partial charge in [0, 0.05) is 6.07 Å². The predicted octanol–water partition coefficient (Wildman–Crippen LogP) is 0.244. The van der Waals surface area contributed by atoms with Crippen molar-refractivity contribution in [1.82, 2.24) is 4.98 Å². The zero-order chi connectivity index (χ0) is 13.7. The number of carbonyl (C=O) groups excluding carboxylic acids is 1. The van der Waals surface area contributed by atoms with Crippen LogP contribution in [-0.2, 0) is 9.53 Å². The topological polar surface area (TPSA) is 115 Å².